The van der Waals surface area contributed by atoms with Gasteiger partial charge in [0, 0.05) is 50.2 Å². The summed E-state index contributed by atoms with van der Waals surface area (Å²) in [6.45, 7) is 3.25. The lowest BCUT2D eigenvalue weighted by molar-refractivity contribution is 0.297. The number of nitrogens with zero attached hydrogens (tertiary/aromatic N) is 3. The largest absolute Gasteiger partial charge is 0.490 e. The highest BCUT2D eigenvalue weighted by Crippen LogP contribution is 2.32. The standard InChI is InChI=1S/C24H28FN5O2/c25-21-7-2-1-6-19(21)10-13-27-24(26-11-3-14-30-15-4-12-28-30)29-20-8-9-22-23(18-20)32-17-5-16-31-22/h1-2,4,6-9,12,15,18H,3,5,10-11,13-14,16-17H2,(H2,26,27,29). The number of guanidine groups is 1. The third kappa shape index (κ3) is 6.23. The minimum Gasteiger partial charge on any atom is -0.490 e. The normalized spacial score (nSPS) is 13.5. The van der Waals surface area contributed by atoms with Crippen LogP contribution in [0.25, 0.3) is 0 Å². The average Bonchev–Trinajstić information content (AvgIpc) is 3.21. The Morgan fingerprint density at radius 3 is 2.81 bits per heavy atom. The van der Waals surface area contributed by atoms with E-state index in [-0.39, 0.29) is 5.82 Å². The van der Waals surface area contributed by atoms with Crippen molar-refractivity contribution in [2.45, 2.75) is 25.8 Å². The van der Waals surface area contributed by atoms with E-state index < -0.39 is 0 Å². The highest BCUT2D eigenvalue weighted by molar-refractivity contribution is 5.94. The fraction of sp³-hybridized carbons (Fsp3) is 0.333. The van der Waals surface area contributed by atoms with Gasteiger partial charge in [0.05, 0.1) is 13.2 Å². The maximum Gasteiger partial charge on any atom is 0.195 e. The molecule has 1 aromatic heterocycles. The molecule has 0 amide bonds. The van der Waals surface area contributed by atoms with Crippen LogP contribution >= 0.6 is 0 Å². The number of benzene rings is 2. The van der Waals surface area contributed by atoms with Crippen LogP contribution in [0.4, 0.5) is 10.1 Å². The van der Waals surface area contributed by atoms with Crippen LogP contribution in [-0.4, -0.2) is 42.0 Å². The van der Waals surface area contributed by atoms with E-state index in [9.17, 15) is 4.39 Å². The summed E-state index contributed by atoms with van der Waals surface area (Å²) >= 11 is 0. The van der Waals surface area contributed by atoms with Gasteiger partial charge in [0.25, 0.3) is 0 Å². The van der Waals surface area contributed by atoms with Gasteiger partial charge in [-0.25, -0.2) is 4.39 Å². The molecule has 1 aliphatic rings. The first kappa shape index (κ1) is 21.7. The molecule has 0 saturated carbocycles. The summed E-state index contributed by atoms with van der Waals surface area (Å²) < 4.78 is 27.3. The molecule has 1 aliphatic heterocycles. The smallest absolute Gasteiger partial charge is 0.195 e. The van der Waals surface area contributed by atoms with E-state index in [4.69, 9.17) is 14.5 Å². The first-order valence-corrected chi connectivity index (χ1v) is 10.9. The Labute approximate surface area is 187 Å². The predicted molar refractivity (Wildman–Crippen MR) is 123 cm³/mol. The van der Waals surface area contributed by atoms with Gasteiger partial charge in [-0.05, 0) is 42.7 Å². The lowest BCUT2D eigenvalue weighted by Gasteiger charge is -2.15. The van der Waals surface area contributed by atoms with E-state index in [1.54, 1.807) is 18.3 Å². The summed E-state index contributed by atoms with van der Waals surface area (Å²) in [7, 11) is 0. The van der Waals surface area contributed by atoms with Crippen LogP contribution in [-0.2, 0) is 13.0 Å². The van der Waals surface area contributed by atoms with E-state index in [1.165, 1.54) is 6.07 Å². The second-order valence-corrected chi connectivity index (χ2v) is 7.46. The molecule has 168 valence electrons. The Morgan fingerprint density at radius 1 is 1.09 bits per heavy atom. The van der Waals surface area contributed by atoms with Crippen molar-refractivity contribution in [1.82, 2.24) is 15.1 Å². The van der Waals surface area contributed by atoms with Gasteiger partial charge in [-0.3, -0.25) is 9.67 Å². The lowest BCUT2D eigenvalue weighted by Crippen LogP contribution is -2.33. The fourth-order valence-corrected chi connectivity index (χ4v) is 3.39. The maximum atomic E-state index is 13.9. The van der Waals surface area contributed by atoms with Gasteiger partial charge < -0.3 is 20.1 Å². The van der Waals surface area contributed by atoms with Crippen LogP contribution in [0.2, 0.25) is 0 Å². The van der Waals surface area contributed by atoms with E-state index in [0.29, 0.717) is 44.2 Å². The van der Waals surface area contributed by atoms with Gasteiger partial charge in [-0.1, -0.05) is 18.2 Å². The molecule has 7 nitrogen and oxygen atoms in total. The van der Waals surface area contributed by atoms with Crippen LogP contribution in [0, 0.1) is 5.82 Å². The van der Waals surface area contributed by atoms with Gasteiger partial charge in [0.15, 0.2) is 17.5 Å². The molecule has 0 fully saturated rings. The summed E-state index contributed by atoms with van der Waals surface area (Å²) in [5.74, 6) is 1.91. The Kier molecular flexibility index (Phi) is 7.57. The molecule has 0 aliphatic carbocycles. The van der Waals surface area contributed by atoms with Gasteiger partial charge in [0.1, 0.15) is 5.82 Å². The number of aliphatic imine (C=N–C) groups is 1. The molecule has 0 spiro atoms. The quantitative estimate of drug-likeness (QED) is 0.318. The molecule has 8 heteroatoms. The van der Waals surface area contributed by atoms with Gasteiger partial charge in [0.2, 0.25) is 0 Å². The molecule has 2 heterocycles. The topological polar surface area (TPSA) is 72.7 Å². The molecule has 3 aromatic rings. The summed E-state index contributed by atoms with van der Waals surface area (Å²) in [5, 5.41) is 10.9. The monoisotopic (exact) mass is 437 g/mol. The van der Waals surface area contributed by atoms with Crippen molar-refractivity contribution < 1.29 is 13.9 Å². The Bertz CT molecular complexity index is 1020. The van der Waals surface area contributed by atoms with Gasteiger partial charge in [-0.15, -0.1) is 0 Å². The molecule has 0 saturated heterocycles. The first-order chi connectivity index (χ1) is 15.8. The van der Waals surface area contributed by atoms with E-state index in [2.05, 4.69) is 15.7 Å². The molecule has 2 N–H and O–H groups in total. The van der Waals surface area contributed by atoms with Crippen LogP contribution in [0.15, 0.2) is 65.9 Å². The number of rotatable bonds is 8. The highest BCUT2D eigenvalue weighted by Gasteiger charge is 2.11. The number of ether oxygens (including phenoxy) is 2. The Morgan fingerprint density at radius 2 is 1.97 bits per heavy atom. The molecule has 0 bridgehead atoms. The van der Waals surface area contributed by atoms with Crippen molar-refractivity contribution in [3.63, 3.8) is 0 Å². The minimum absolute atomic E-state index is 0.192. The molecule has 0 radical (unpaired) electrons. The van der Waals surface area contributed by atoms with Crippen LogP contribution < -0.4 is 20.1 Å². The summed E-state index contributed by atoms with van der Waals surface area (Å²) in [5.41, 5.74) is 1.52. The molecule has 0 atom stereocenters. The van der Waals surface area contributed by atoms with Crippen LogP contribution in [0.3, 0.4) is 0 Å². The second-order valence-electron chi connectivity index (χ2n) is 7.46. The molecule has 0 unspecified atom stereocenters. The van der Waals surface area contributed by atoms with E-state index in [0.717, 1.165) is 36.6 Å². The Hall–Kier alpha value is -3.55. The number of fused-ring (bicyclic) bond motifs is 1. The fourth-order valence-electron chi connectivity index (χ4n) is 3.39. The number of anilines is 1. The third-order valence-corrected chi connectivity index (χ3v) is 5.03. The average molecular weight is 438 g/mol. The first-order valence-electron chi connectivity index (χ1n) is 10.9. The van der Waals surface area contributed by atoms with Crippen molar-refractivity contribution in [2.75, 3.05) is 31.6 Å². The highest BCUT2D eigenvalue weighted by atomic mass is 19.1. The number of hydrogen-bond acceptors (Lipinski definition) is 4. The molecule has 4 rings (SSSR count). The lowest BCUT2D eigenvalue weighted by atomic mass is 10.1. The predicted octanol–water partition coefficient (Wildman–Crippen LogP) is 3.87. The molecular formula is C24H28FN5O2. The van der Waals surface area contributed by atoms with Crippen molar-refractivity contribution >= 4 is 11.6 Å². The zero-order chi connectivity index (χ0) is 22.0. The SMILES string of the molecule is Fc1ccccc1CCNC(=NCCCn1cccn1)Nc1ccc2c(c1)OCCCO2. The number of halogens is 1. The zero-order valence-electron chi connectivity index (χ0n) is 18.0. The van der Waals surface area contributed by atoms with E-state index >= 15 is 0 Å². The van der Waals surface area contributed by atoms with Crippen LogP contribution in [0.5, 0.6) is 11.5 Å². The van der Waals surface area contributed by atoms with E-state index in [1.807, 2.05) is 41.2 Å². The van der Waals surface area contributed by atoms with Crippen molar-refractivity contribution in [3.8, 4) is 11.5 Å². The number of hydrogen-bond donors (Lipinski definition) is 2. The number of aryl methyl sites for hydroxylation is 1. The second kappa shape index (κ2) is 11.2. The maximum absolute atomic E-state index is 13.9. The number of aromatic nitrogens is 2. The summed E-state index contributed by atoms with van der Waals surface area (Å²) in [4.78, 5) is 4.69. The minimum atomic E-state index is -0.192. The van der Waals surface area contributed by atoms with Crippen LogP contribution in [0.1, 0.15) is 18.4 Å². The third-order valence-electron chi connectivity index (χ3n) is 5.03. The molecule has 2 aromatic carbocycles. The van der Waals surface area contributed by atoms with Crippen molar-refractivity contribution in [1.29, 1.82) is 0 Å². The molecular weight excluding hydrogens is 409 g/mol. The Balaban J connectivity index is 1.39. The summed E-state index contributed by atoms with van der Waals surface area (Å²) in [6, 6.07) is 14.5. The van der Waals surface area contributed by atoms with Gasteiger partial charge in [-0.2, -0.15) is 5.10 Å². The van der Waals surface area contributed by atoms with Gasteiger partial charge >= 0.3 is 0 Å². The summed E-state index contributed by atoms with van der Waals surface area (Å²) in [6.07, 6.45) is 5.97. The molecule has 32 heavy (non-hydrogen) atoms. The van der Waals surface area contributed by atoms with Crippen molar-refractivity contribution in [2.24, 2.45) is 4.99 Å². The zero-order valence-corrected chi connectivity index (χ0v) is 18.0. The van der Waals surface area contributed by atoms with Crippen molar-refractivity contribution in [3.05, 3.63) is 72.3 Å². The number of nitrogens with one attached hydrogen (secondary N) is 2.